The van der Waals surface area contributed by atoms with E-state index in [9.17, 15) is 5.11 Å². The van der Waals surface area contributed by atoms with Gasteiger partial charge in [0, 0.05) is 35.8 Å². The SMILES string of the molecule is OCCC1(CNc2nn3cc(-c4ccc(Cl)cc4)nc3s2)CCOC1. The van der Waals surface area contributed by atoms with Crippen LogP contribution in [0.3, 0.4) is 0 Å². The van der Waals surface area contributed by atoms with Gasteiger partial charge in [0.15, 0.2) is 0 Å². The van der Waals surface area contributed by atoms with E-state index in [4.69, 9.17) is 16.3 Å². The number of hydrogen-bond acceptors (Lipinski definition) is 6. The highest BCUT2D eigenvalue weighted by molar-refractivity contribution is 7.20. The highest BCUT2D eigenvalue weighted by atomic mass is 35.5. The Balaban J connectivity index is 1.48. The number of rotatable bonds is 6. The van der Waals surface area contributed by atoms with Gasteiger partial charge in [0.05, 0.1) is 18.5 Å². The molecule has 1 unspecified atom stereocenters. The van der Waals surface area contributed by atoms with Crippen LogP contribution in [0.2, 0.25) is 5.02 Å². The van der Waals surface area contributed by atoms with E-state index >= 15 is 0 Å². The van der Waals surface area contributed by atoms with E-state index in [1.54, 1.807) is 4.52 Å². The molecule has 25 heavy (non-hydrogen) atoms. The number of ether oxygens (including phenoxy) is 1. The minimum atomic E-state index is -0.00300. The highest BCUT2D eigenvalue weighted by Gasteiger charge is 2.34. The second-order valence-electron chi connectivity index (χ2n) is 6.40. The predicted octanol–water partition coefficient (Wildman–Crippen LogP) is 3.31. The summed E-state index contributed by atoms with van der Waals surface area (Å²) in [5.74, 6) is 0. The van der Waals surface area contributed by atoms with Gasteiger partial charge in [-0.2, -0.15) is 0 Å². The fourth-order valence-corrected chi connectivity index (χ4v) is 4.01. The normalized spacial score (nSPS) is 20.4. The number of imidazole rings is 1. The smallest absolute Gasteiger partial charge is 0.214 e. The number of fused-ring (bicyclic) bond motifs is 1. The molecule has 6 nitrogen and oxygen atoms in total. The molecule has 3 heterocycles. The van der Waals surface area contributed by atoms with E-state index < -0.39 is 0 Å². The second kappa shape index (κ2) is 6.92. The summed E-state index contributed by atoms with van der Waals surface area (Å²) >= 11 is 7.45. The molecule has 1 saturated heterocycles. The maximum absolute atomic E-state index is 9.31. The Morgan fingerprint density at radius 1 is 1.36 bits per heavy atom. The van der Waals surface area contributed by atoms with E-state index in [1.807, 2.05) is 30.5 Å². The van der Waals surface area contributed by atoms with E-state index in [2.05, 4.69) is 15.4 Å². The van der Waals surface area contributed by atoms with Gasteiger partial charge < -0.3 is 15.2 Å². The number of hydrogen-bond donors (Lipinski definition) is 2. The van der Waals surface area contributed by atoms with E-state index in [1.165, 1.54) is 11.3 Å². The fourth-order valence-electron chi connectivity index (χ4n) is 3.11. The van der Waals surface area contributed by atoms with Crippen molar-refractivity contribution in [2.45, 2.75) is 12.8 Å². The van der Waals surface area contributed by atoms with E-state index in [0.717, 1.165) is 47.3 Å². The maximum Gasteiger partial charge on any atom is 0.214 e. The topological polar surface area (TPSA) is 71.7 Å². The summed E-state index contributed by atoms with van der Waals surface area (Å²) in [6, 6.07) is 7.61. The Hall–Kier alpha value is -1.67. The van der Waals surface area contributed by atoms with Crippen LogP contribution in [0, 0.1) is 5.41 Å². The number of aliphatic hydroxyl groups excluding tert-OH is 1. The highest BCUT2D eigenvalue weighted by Crippen LogP contribution is 2.33. The first-order valence-corrected chi connectivity index (χ1v) is 9.42. The minimum Gasteiger partial charge on any atom is -0.396 e. The van der Waals surface area contributed by atoms with Gasteiger partial charge in [0.2, 0.25) is 10.1 Å². The zero-order valence-electron chi connectivity index (χ0n) is 13.6. The van der Waals surface area contributed by atoms with Gasteiger partial charge in [-0.05, 0) is 25.0 Å². The zero-order valence-corrected chi connectivity index (χ0v) is 15.2. The fraction of sp³-hybridized carbons (Fsp3) is 0.412. The standard InChI is InChI=1S/C17H19ClN4O2S/c18-13-3-1-12(2-4-13)14-9-22-16(20-14)25-15(21-22)19-10-17(5-7-23)6-8-24-11-17/h1-4,9,23H,5-8,10-11H2,(H,19,21). The zero-order chi connectivity index (χ0) is 17.3. The largest absolute Gasteiger partial charge is 0.396 e. The Bertz CT molecular complexity index is 824. The summed E-state index contributed by atoms with van der Waals surface area (Å²) in [4.78, 5) is 5.48. The van der Waals surface area contributed by atoms with Crippen molar-refractivity contribution in [3.05, 3.63) is 35.5 Å². The first kappa shape index (κ1) is 16.8. The van der Waals surface area contributed by atoms with Gasteiger partial charge in [0.25, 0.3) is 0 Å². The van der Waals surface area contributed by atoms with Crippen molar-refractivity contribution in [2.24, 2.45) is 5.41 Å². The molecule has 0 aliphatic carbocycles. The molecule has 132 valence electrons. The lowest BCUT2D eigenvalue weighted by molar-refractivity contribution is 0.133. The molecule has 2 N–H and O–H groups in total. The third-order valence-corrected chi connectivity index (χ3v) is 5.76. The molecule has 1 aromatic carbocycles. The Morgan fingerprint density at radius 2 is 2.20 bits per heavy atom. The van der Waals surface area contributed by atoms with Gasteiger partial charge in [-0.3, -0.25) is 0 Å². The summed E-state index contributed by atoms with van der Waals surface area (Å²) in [5, 5.41) is 18.8. The number of nitrogens with zero attached hydrogens (tertiary/aromatic N) is 3. The number of anilines is 1. The molecule has 1 fully saturated rings. The van der Waals surface area contributed by atoms with Crippen LogP contribution in [0.5, 0.6) is 0 Å². The summed E-state index contributed by atoms with van der Waals surface area (Å²) in [6.45, 7) is 2.36. The molecular weight excluding hydrogens is 360 g/mol. The van der Waals surface area contributed by atoms with Crippen LogP contribution >= 0.6 is 22.9 Å². The monoisotopic (exact) mass is 378 g/mol. The van der Waals surface area contributed by atoms with Crippen molar-refractivity contribution in [2.75, 3.05) is 31.7 Å². The van der Waals surface area contributed by atoms with Gasteiger partial charge in [-0.1, -0.05) is 35.1 Å². The number of benzene rings is 1. The first-order chi connectivity index (χ1) is 12.2. The average Bonchev–Trinajstić information content (AvgIpc) is 3.29. The van der Waals surface area contributed by atoms with Crippen LogP contribution in [0.4, 0.5) is 5.13 Å². The van der Waals surface area contributed by atoms with Crippen molar-refractivity contribution in [3.63, 3.8) is 0 Å². The number of aliphatic hydroxyl groups is 1. The molecule has 0 amide bonds. The lowest BCUT2D eigenvalue weighted by Crippen LogP contribution is -2.31. The molecule has 1 aliphatic rings. The van der Waals surface area contributed by atoms with Crippen LogP contribution in [0.15, 0.2) is 30.5 Å². The van der Waals surface area contributed by atoms with Crippen molar-refractivity contribution in [1.29, 1.82) is 0 Å². The lowest BCUT2D eigenvalue weighted by Gasteiger charge is -2.26. The lowest BCUT2D eigenvalue weighted by atomic mass is 9.84. The molecule has 1 atom stereocenters. The second-order valence-corrected chi connectivity index (χ2v) is 7.79. The van der Waals surface area contributed by atoms with Gasteiger partial charge in [-0.15, -0.1) is 5.10 Å². The number of nitrogens with one attached hydrogen (secondary N) is 1. The number of aromatic nitrogens is 3. The first-order valence-electron chi connectivity index (χ1n) is 8.22. The molecule has 0 spiro atoms. The van der Waals surface area contributed by atoms with E-state index in [0.29, 0.717) is 11.6 Å². The minimum absolute atomic E-state index is 0.00300. The molecular formula is C17H19ClN4O2S. The molecule has 1 aliphatic heterocycles. The summed E-state index contributed by atoms with van der Waals surface area (Å²) < 4.78 is 7.32. The van der Waals surface area contributed by atoms with Crippen LogP contribution in [-0.4, -0.2) is 46.1 Å². The molecule has 4 rings (SSSR count). The van der Waals surface area contributed by atoms with Crippen LogP contribution in [-0.2, 0) is 4.74 Å². The predicted molar refractivity (Wildman–Crippen MR) is 99.4 cm³/mol. The molecule has 2 aromatic heterocycles. The molecule has 8 heteroatoms. The Morgan fingerprint density at radius 3 is 2.88 bits per heavy atom. The van der Waals surface area contributed by atoms with Crippen LogP contribution < -0.4 is 5.32 Å². The third-order valence-electron chi connectivity index (χ3n) is 4.62. The Labute approximate surface area is 154 Å². The number of halogens is 1. The average molecular weight is 379 g/mol. The third kappa shape index (κ3) is 3.50. The summed E-state index contributed by atoms with van der Waals surface area (Å²) in [7, 11) is 0. The molecule has 0 saturated carbocycles. The Kier molecular flexibility index (Phi) is 4.64. The quantitative estimate of drug-likeness (QED) is 0.688. The molecule has 0 radical (unpaired) electrons. The van der Waals surface area contributed by atoms with Crippen molar-refractivity contribution in [1.82, 2.24) is 14.6 Å². The van der Waals surface area contributed by atoms with Crippen molar-refractivity contribution in [3.8, 4) is 11.3 Å². The van der Waals surface area contributed by atoms with Crippen molar-refractivity contribution < 1.29 is 9.84 Å². The summed E-state index contributed by atoms with van der Waals surface area (Å²) in [6.07, 6.45) is 3.62. The van der Waals surface area contributed by atoms with Crippen LogP contribution in [0.1, 0.15) is 12.8 Å². The van der Waals surface area contributed by atoms with E-state index in [-0.39, 0.29) is 12.0 Å². The molecule has 3 aromatic rings. The molecule has 0 bridgehead atoms. The summed E-state index contributed by atoms with van der Waals surface area (Å²) in [5.41, 5.74) is 1.89. The van der Waals surface area contributed by atoms with Crippen LogP contribution in [0.25, 0.3) is 16.2 Å². The van der Waals surface area contributed by atoms with Gasteiger partial charge in [0.1, 0.15) is 0 Å². The van der Waals surface area contributed by atoms with Gasteiger partial charge >= 0.3 is 0 Å². The maximum atomic E-state index is 9.31. The van der Waals surface area contributed by atoms with Gasteiger partial charge in [-0.25, -0.2) is 9.50 Å². The van der Waals surface area contributed by atoms with Crippen molar-refractivity contribution >= 4 is 33.0 Å².